The smallest absolute Gasteiger partial charge is 0.257 e. The number of carbonyl (C=O) groups is 1. The summed E-state index contributed by atoms with van der Waals surface area (Å²) in [6.07, 6.45) is 2.55. The number of aromatic nitrogens is 2. The number of likely N-dealkylation sites (tertiary alicyclic amines) is 1. The van der Waals surface area contributed by atoms with Crippen LogP contribution >= 0.6 is 11.6 Å². The van der Waals surface area contributed by atoms with E-state index in [9.17, 15) is 4.79 Å². The zero-order chi connectivity index (χ0) is 17.3. The molecule has 1 aliphatic heterocycles. The number of benzene rings is 1. The summed E-state index contributed by atoms with van der Waals surface area (Å²) in [5, 5.41) is 0.770. The maximum atomic E-state index is 12.8. The number of hydrogen-bond donors (Lipinski definition) is 0. The van der Waals surface area contributed by atoms with Crippen molar-refractivity contribution >= 4 is 23.5 Å². The molecule has 1 atom stereocenters. The van der Waals surface area contributed by atoms with E-state index in [-0.39, 0.29) is 11.8 Å². The number of nitrogens with zero attached hydrogens (tertiary/aromatic N) is 4. The molecule has 0 radical (unpaired) electrons. The minimum atomic E-state index is -0.00707. The largest absolute Gasteiger partial charge is 0.347 e. The van der Waals surface area contributed by atoms with Gasteiger partial charge in [0.1, 0.15) is 0 Å². The van der Waals surface area contributed by atoms with Crippen LogP contribution in [0.15, 0.2) is 30.5 Å². The molecule has 2 aromatic rings. The van der Waals surface area contributed by atoms with Crippen molar-refractivity contribution in [2.24, 2.45) is 0 Å². The second kappa shape index (κ2) is 6.77. The maximum absolute atomic E-state index is 12.8. The number of hydrogen-bond acceptors (Lipinski definition) is 4. The molecule has 0 saturated carbocycles. The second-order valence-electron chi connectivity index (χ2n) is 6.32. The van der Waals surface area contributed by atoms with Gasteiger partial charge in [0.15, 0.2) is 0 Å². The fourth-order valence-corrected chi connectivity index (χ4v) is 3.35. The Morgan fingerprint density at radius 3 is 2.75 bits per heavy atom. The minimum Gasteiger partial charge on any atom is -0.347 e. The molecule has 3 rings (SSSR count). The lowest BCUT2D eigenvalue weighted by Crippen LogP contribution is -2.29. The predicted octanol–water partition coefficient (Wildman–Crippen LogP) is 3.13. The van der Waals surface area contributed by atoms with Crippen molar-refractivity contribution in [2.45, 2.75) is 19.3 Å². The summed E-state index contributed by atoms with van der Waals surface area (Å²) >= 11 is 6.29. The molecule has 24 heavy (non-hydrogen) atoms. The van der Waals surface area contributed by atoms with Gasteiger partial charge in [0.2, 0.25) is 5.95 Å². The van der Waals surface area contributed by atoms with E-state index in [4.69, 9.17) is 11.6 Å². The van der Waals surface area contributed by atoms with Gasteiger partial charge in [-0.25, -0.2) is 9.97 Å². The van der Waals surface area contributed by atoms with Gasteiger partial charge in [-0.3, -0.25) is 4.79 Å². The third-order valence-electron chi connectivity index (χ3n) is 4.42. The summed E-state index contributed by atoms with van der Waals surface area (Å²) in [5.41, 5.74) is 2.39. The molecule has 126 valence electrons. The van der Waals surface area contributed by atoms with Gasteiger partial charge in [-0.1, -0.05) is 29.8 Å². The molecule has 0 spiro atoms. The summed E-state index contributed by atoms with van der Waals surface area (Å²) in [4.78, 5) is 25.2. The monoisotopic (exact) mass is 344 g/mol. The maximum Gasteiger partial charge on any atom is 0.257 e. The van der Waals surface area contributed by atoms with Gasteiger partial charge in [-0.05, 0) is 25.0 Å². The van der Waals surface area contributed by atoms with E-state index in [2.05, 4.69) is 9.97 Å². The first-order valence-electron chi connectivity index (χ1n) is 8.02. The lowest BCUT2D eigenvalue weighted by Gasteiger charge is -2.19. The molecular weight excluding hydrogens is 324 g/mol. The van der Waals surface area contributed by atoms with Crippen molar-refractivity contribution in [1.82, 2.24) is 14.9 Å². The molecule has 1 aromatic carbocycles. The van der Waals surface area contributed by atoms with E-state index < -0.39 is 0 Å². The molecular formula is C18H21ClN4O. The molecule has 0 bridgehead atoms. The molecule has 5 nitrogen and oxygen atoms in total. The molecule has 6 heteroatoms. The first-order valence-corrected chi connectivity index (χ1v) is 8.40. The van der Waals surface area contributed by atoms with E-state index in [1.807, 2.05) is 55.1 Å². The van der Waals surface area contributed by atoms with Crippen LogP contribution in [0.5, 0.6) is 0 Å². The molecule has 1 amide bonds. The van der Waals surface area contributed by atoms with Gasteiger partial charge >= 0.3 is 0 Å². The van der Waals surface area contributed by atoms with Gasteiger partial charge in [-0.15, -0.1) is 0 Å². The van der Waals surface area contributed by atoms with Crippen molar-refractivity contribution < 1.29 is 4.79 Å². The summed E-state index contributed by atoms with van der Waals surface area (Å²) in [7, 11) is 3.76. The second-order valence-corrected chi connectivity index (χ2v) is 6.73. The zero-order valence-corrected chi connectivity index (χ0v) is 14.9. The molecule has 1 aromatic heterocycles. The van der Waals surface area contributed by atoms with Crippen LogP contribution in [0.3, 0.4) is 0 Å². The van der Waals surface area contributed by atoms with Gasteiger partial charge in [-0.2, -0.15) is 0 Å². The van der Waals surface area contributed by atoms with Crippen LogP contribution < -0.4 is 4.90 Å². The Kier molecular flexibility index (Phi) is 4.71. The number of rotatable bonds is 3. The van der Waals surface area contributed by atoms with Gasteiger partial charge in [0, 0.05) is 44.3 Å². The van der Waals surface area contributed by atoms with Gasteiger partial charge < -0.3 is 9.80 Å². The summed E-state index contributed by atoms with van der Waals surface area (Å²) in [6.45, 7) is 3.25. The Labute approximate surface area is 147 Å². The van der Waals surface area contributed by atoms with Crippen LogP contribution in [0.1, 0.15) is 34.0 Å². The topological polar surface area (TPSA) is 49.3 Å². The van der Waals surface area contributed by atoms with Crippen molar-refractivity contribution in [2.75, 3.05) is 32.1 Å². The highest BCUT2D eigenvalue weighted by atomic mass is 35.5. The van der Waals surface area contributed by atoms with Crippen LogP contribution in [-0.4, -0.2) is 48.0 Å². The minimum absolute atomic E-state index is 0.00707. The quantitative estimate of drug-likeness (QED) is 0.858. The average Bonchev–Trinajstić information content (AvgIpc) is 3.04. The molecule has 1 unspecified atom stereocenters. The summed E-state index contributed by atoms with van der Waals surface area (Å²) in [6, 6.07) is 7.86. The molecule has 0 N–H and O–H groups in total. The van der Waals surface area contributed by atoms with Crippen molar-refractivity contribution in [3.8, 4) is 0 Å². The lowest BCUT2D eigenvalue weighted by atomic mass is 9.98. The van der Waals surface area contributed by atoms with E-state index in [1.165, 1.54) is 0 Å². The van der Waals surface area contributed by atoms with Crippen LogP contribution in [-0.2, 0) is 0 Å². The molecule has 0 aliphatic carbocycles. The van der Waals surface area contributed by atoms with Gasteiger partial charge in [0.25, 0.3) is 5.91 Å². The van der Waals surface area contributed by atoms with Crippen LogP contribution in [0, 0.1) is 6.92 Å². The van der Waals surface area contributed by atoms with Crippen LogP contribution in [0.2, 0.25) is 5.02 Å². The highest BCUT2D eigenvalue weighted by Crippen LogP contribution is 2.32. The zero-order valence-electron chi connectivity index (χ0n) is 14.2. The fraction of sp³-hybridized carbons (Fsp3) is 0.389. The SMILES string of the molecule is Cc1nc(N(C)C)ncc1C(=O)N1CCC(c2ccccc2Cl)C1. The first-order chi connectivity index (χ1) is 11.5. The van der Waals surface area contributed by atoms with E-state index in [0.29, 0.717) is 23.8 Å². The number of carbonyl (C=O) groups excluding carboxylic acids is 1. The molecule has 1 aliphatic rings. The third-order valence-corrected chi connectivity index (χ3v) is 4.76. The van der Waals surface area contributed by atoms with Gasteiger partial charge in [0.05, 0.1) is 11.3 Å². The van der Waals surface area contributed by atoms with Crippen molar-refractivity contribution in [3.63, 3.8) is 0 Å². The standard InChI is InChI=1S/C18H21ClN4O/c1-12-15(10-20-18(21-12)22(2)3)17(24)23-9-8-13(11-23)14-6-4-5-7-16(14)19/h4-7,10,13H,8-9,11H2,1-3H3. The Bertz CT molecular complexity index is 762. The summed E-state index contributed by atoms with van der Waals surface area (Å²) in [5.74, 6) is 0.886. The number of halogens is 1. The predicted molar refractivity (Wildman–Crippen MR) is 95.8 cm³/mol. The van der Waals surface area contributed by atoms with E-state index in [0.717, 1.165) is 23.6 Å². The van der Waals surface area contributed by atoms with Crippen molar-refractivity contribution in [1.29, 1.82) is 0 Å². The Morgan fingerprint density at radius 2 is 2.08 bits per heavy atom. The van der Waals surface area contributed by atoms with Crippen molar-refractivity contribution in [3.05, 3.63) is 52.3 Å². The number of aryl methyl sites for hydroxylation is 1. The fourth-order valence-electron chi connectivity index (χ4n) is 3.06. The van der Waals surface area contributed by atoms with Crippen LogP contribution in [0.4, 0.5) is 5.95 Å². The highest BCUT2D eigenvalue weighted by Gasteiger charge is 2.30. The van der Waals surface area contributed by atoms with E-state index >= 15 is 0 Å². The normalized spacial score (nSPS) is 17.2. The first kappa shape index (κ1) is 16.7. The number of amides is 1. The third kappa shape index (κ3) is 3.22. The Hall–Kier alpha value is -2.14. The Balaban J connectivity index is 1.76. The highest BCUT2D eigenvalue weighted by molar-refractivity contribution is 6.31. The van der Waals surface area contributed by atoms with Crippen LogP contribution in [0.25, 0.3) is 0 Å². The molecule has 2 heterocycles. The lowest BCUT2D eigenvalue weighted by molar-refractivity contribution is 0.0789. The summed E-state index contributed by atoms with van der Waals surface area (Å²) < 4.78 is 0. The Morgan fingerprint density at radius 1 is 1.33 bits per heavy atom. The number of anilines is 1. The average molecular weight is 345 g/mol. The molecule has 1 saturated heterocycles. The molecule has 1 fully saturated rings. The van der Waals surface area contributed by atoms with E-state index in [1.54, 1.807) is 6.20 Å².